The zero-order valence-corrected chi connectivity index (χ0v) is 22.5. The molecule has 3 heterocycles. The molecule has 1 saturated heterocycles. The summed E-state index contributed by atoms with van der Waals surface area (Å²) >= 11 is 0. The van der Waals surface area contributed by atoms with Gasteiger partial charge in [0.2, 0.25) is 5.91 Å². The van der Waals surface area contributed by atoms with Crippen molar-refractivity contribution in [1.82, 2.24) is 15.1 Å². The molecule has 6 nitrogen and oxygen atoms in total. The highest BCUT2D eigenvalue weighted by molar-refractivity contribution is 6.09. The maximum atomic E-state index is 12.9. The number of aromatic amines is 1. The van der Waals surface area contributed by atoms with E-state index in [1.807, 2.05) is 18.2 Å². The van der Waals surface area contributed by atoms with E-state index in [0.29, 0.717) is 12.1 Å². The highest BCUT2D eigenvalue weighted by Gasteiger charge is 2.65. The summed E-state index contributed by atoms with van der Waals surface area (Å²) in [6, 6.07) is 23.4. The standard InChI is InChI=1S/C33H34N4O2/c1-21(2)37-17-15-25(16-18-37)39-24-11-7-22(8-12-24)9-14-29-26-13-10-23(19-31(26)36-35-29)28-20-33(28)27-5-3-4-6-30(27)34-32(33)38/h3-14,19,21,25,28H,15-18,20H2,1-2H3,(H,34,38)(H,35,36)/t28-,33-/m0/s1. The molecule has 1 aromatic heterocycles. The van der Waals surface area contributed by atoms with Gasteiger partial charge in [-0.2, -0.15) is 5.10 Å². The molecule has 2 aliphatic heterocycles. The van der Waals surface area contributed by atoms with Gasteiger partial charge in [0, 0.05) is 36.1 Å². The molecule has 0 unspecified atom stereocenters. The molecule has 7 rings (SSSR count). The number of hydrogen-bond donors (Lipinski definition) is 2. The number of hydrogen-bond acceptors (Lipinski definition) is 4. The molecule has 39 heavy (non-hydrogen) atoms. The minimum absolute atomic E-state index is 0.120. The van der Waals surface area contributed by atoms with Crippen LogP contribution < -0.4 is 10.1 Å². The van der Waals surface area contributed by atoms with Crippen LogP contribution in [0, 0.1) is 0 Å². The topological polar surface area (TPSA) is 70.2 Å². The summed E-state index contributed by atoms with van der Waals surface area (Å²) in [4.78, 5) is 15.4. The van der Waals surface area contributed by atoms with Crippen molar-refractivity contribution < 1.29 is 9.53 Å². The van der Waals surface area contributed by atoms with E-state index in [0.717, 1.165) is 71.5 Å². The van der Waals surface area contributed by atoms with E-state index in [1.54, 1.807) is 0 Å². The maximum absolute atomic E-state index is 12.9. The molecule has 4 aromatic rings. The molecule has 198 valence electrons. The van der Waals surface area contributed by atoms with Crippen molar-refractivity contribution in [2.75, 3.05) is 18.4 Å². The van der Waals surface area contributed by atoms with Gasteiger partial charge in [0.1, 0.15) is 11.9 Å². The minimum atomic E-state index is -0.422. The Morgan fingerprint density at radius 3 is 2.62 bits per heavy atom. The monoisotopic (exact) mass is 518 g/mol. The van der Waals surface area contributed by atoms with Crippen LogP contribution in [0.4, 0.5) is 5.69 Å². The van der Waals surface area contributed by atoms with Gasteiger partial charge >= 0.3 is 0 Å². The summed E-state index contributed by atoms with van der Waals surface area (Å²) in [7, 11) is 0. The van der Waals surface area contributed by atoms with Crippen LogP contribution in [0.5, 0.6) is 5.75 Å². The molecule has 2 fully saturated rings. The van der Waals surface area contributed by atoms with Crippen molar-refractivity contribution in [2.24, 2.45) is 0 Å². The molecule has 3 aliphatic rings. The number of aromatic nitrogens is 2. The molecule has 0 radical (unpaired) electrons. The van der Waals surface area contributed by atoms with Crippen molar-refractivity contribution in [3.8, 4) is 5.75 Å². The average molecular weight is 519 g/mol. The van der Waals surface area contributed by atoms with Crippen molar-refractivity contribution in [1.29, 1.82) is 0 Å². The third kappa shape index (κ3) is 4.23. The summed E-state index contributed by atoms with van der Waals surface area (Å²) in [5, 5.41) is 11.9. The molecular weight excluding hydrogens is 484 g/mol. The summed E-state index contributed by atoms with van der Waals surface area (Å²) in [6.07, 6.45) is 7.44. The molecular formula is C33H34N4O2. The Bertz CT molecular complexity index is 1560. The normalized spacial score (nSPS) is 23.2. The van der Waals surface area contributed by atoms with Crippen LogP contribution in [0.25, 0.3) is 23.1 Å². The van der Waals surface area contributed by atoms with Crippen LogP contribution in [-0.4, -0.2) is 46.2 Å². The van der Waals surface area contributed by atoms with Crippen LogP contribution >= 0.6 is 0 Å². The first-order chi connectivity index (χ1) is 19.0. The van der Waals surface area contributed by atoms with E-state index in [4.69, 9.17) is 4.74 Å². The number of H-pyrrole nitrogens is 1. The van der Waals surface area contributed by atoms with E-state index < -0.39 is 5.41 Å². The highest BCUT2D eigenvalue weighted by Crippen LogP contribution is 2.65. The molecule has 6 heteroatoms. The molecule has 2 atom stereocenters. The number of amides is 1. The Morgan fingerprint density at radius 1 is 1.03 bits per heavy atom. The first kappa shape index (κ1) is 24.2. The second-order valence-corrected chi connectivity index (χ2v) is 11.5. The smallest absolute Gasteiger partial charge is 0.235 e. The number of benzene rings is 3. The van der Waals surface area contributed by atoms with Gasteiger partial charge in [-0.15, -0.1) is 0 Å². The third-order valence-corrected chi connectivity index (χ3v) is 8.86. The van der Waals surface area contributed by atoms with Crippen molar-refractivity contribution in [2.45, 2.75) is 56.6 Å². The largest absolute Gasteiger partial charge is 0.490 e. The lowest BCUT2D eigenvalue weighted by atomic mass is 9.92. The Labute approximate surface area is 229 Å². The van der Waals surface area contributed by atoms with Gasteiger partial charge in [-0.1, -0.05) is 48.5 Å². The van der Waals surface area contributed by atoms with E-state index in [2.05, 4.69) is 94.9 Å². The van der Waals surface area contributed by atoms with Gasteiger partial charge in [0.25, 0.3) is 0 Å². The van der Waals surface area contributed by atoms with Crippen molar-refractivity contribution in [3.63, 3.8) is 0 Å². The molecule has 0 bridgehead atoms. The van der Waals surface area contributed by atoms with Gasteiger partial charge < -0.3 is 15.0 Å². The van der Waals surface area contributed by atoms with Gasteiger partial charge in [-0.3, -0.25) is 9.89 Å². The van der Waals surface area contributed by atoms with Crippen LogP contribution in [0.2, 0.25) is 0 Å². The van der Waals surface area contributed by atoms with Crippen LogP contribution in [0.3, 0.4) is 0 Å². The lowest BCUT2D eigenvalue weighted by Gasteiger charge is -2.34. The zero-order chi connectivity index (χ0) is 26.6. The number of nitrogens with one attached hydrogen (secondary N) is 2. The fourth-order valence-corrected chi connectivity index (χ4v) is 6.49. The van der Waals surface area contributed by atoms with E-state index in [9.17, 15) is 4.79 Å². The lowest BCUT2D eigenvalue weighted by Crippen LogP contribution is -2.41. The Kier molecular flexibility index (Phi) is 5.81. The van der Waals surface area contributed by atoms with E-state index >= 15 is 0 Å². The van der Waals surface area contributed by atoms with Gasteiger partial charge in [0.05, 0.1) is 16.6 Å². The van der Waals surface area contributed by atoms with Crippen LogP contribution in [-0.2, 0) is 10.2 Å². The first-order valence-corrected chi connectivity index (χ1v) is 14.1. The number of anilines is 1. The van der Waals surface area contributed by atoms with E-state index in [1.165, 1.54) is 5.56 Å². The second-order valence-electron chi connectivity index (χ2n) is 11.5. The third-order valence-electron chi connectivity index (χ3n) is 8.86. The molecule has 1 spiro atoms. The lowest BCUT2D eigenvalue weighted by molar-refractivity contribution is -0.118. The fourth-order valence-electron chi connectivity index (χ4n) is 6.49. The fraction of sp³-hybridized carbons (Fsp3) is 0.333. The summed E-state index contributed by atoms with van der Waals surface area (Å²) in [5.41, 5.74) is 5.84. The number of carbonyl (C=O) groups excluding carboxylic acids is 1. The summed E-state index contributed by atoms with van der Waals surface area (Å²) in [6.45, 7) is 6.73. The van der Waals surface area contributed by atoms with E-state index in [-0.39, 0.29) is 11.8 Å². The van der Waals surface area contributed by atoms with Gasteiger partial charge in [-0.05, 0) is 80.1 Å². The molecule has 3 aromatic carbocycles. The molecule has 2 N–H and O–H groups in total. The second kappa shape index (κ2) is 9.38. The maximum Gasteiger partial charge on any atom is 0.235 e. The summed E-state index contributed by atoms with van der Waals surface area (Å²) < 4.78 is 6.25. The SMILES string of the molecule is CC(C)N1CCC(Oc2ccc(C=Cc3n[nH]c4cc([C@@H]5C[C@@]56C(=O)Nc5ccccc56)ccc34)cc2)CC1. The van der Waals surface area contributed by atoms with Gasteiger partial charge in [0.15, 0.2) is 0 Å². The number of carbonyl (C=O) groups is 1. The summed E-state index contributed by atoms with van der Waals surface area (Å²) in [5.74, 6) is 1.25. The number of nitrogens with zero attached hydrogens (tertiary/aromatic N) is 2. The predicted molar refractivity (Wildman–Crippen MR) is 156 cm³/mol. The zero-order valence-electron chi connectivity index (χ0n) is 22.5. The van der Waals surface area contributed by atoms with Crippen LogP contribution in [0.15, 0.2) is 66.7 Å². The quantitative estimate of drug-likeness (QED) is 0.312. The average Bonchev–Trinajstić information content (AvgIpc) is 3.49. The Hall–Kier alpha value is -3.90. The Morgan fingerprint density at radius 2 is 1.82 bits per heavy atom. The Balaban J connectivity index is 1.02. The molecule has 1 amide bonds. The predicted octanol–water partition coefficient (Wildman–Crippen LogP) is 6.36. The van der Waals surface area contributed by atoms with Crippen molar-refractivity contribution in [3.05, 3.63) is 89.1 Å². The molecule has 1 aliphatic carbocycles. The first-order valence-electron chi connectivity index (χ1n) is 14.1. The van der Waals surface area contributed by atoms with Crippen LogP contribution in [0.1, 0.15) is 61.4 Å². The number of rotatable bonds is 6. The van der Waals surface area contributed by atoms with Gasteiger partial charge in [-0.25, -0.2) is 0 Å². The van der Waals surface area contributed by atoms with Crippen molar-refractivity contribution >= 4 is 34.6 Å². The molecule has 1 saturated carbocycles. The highest BCUT2D eigenvalue weighted by atomic mass is 16.5. The number of ether oxygens (including phenoxy) is 1. The minimum Gasteiger partial charge on any atom is -0.490 e. The number of likely N-dealkylation sites (tertiary alicyclic amines) is 1. The number of para-hydroxylation sites is 1. The number of piperidine rings is 1. The number of fused-ring (bicyclic) bond motifs is 3.